The molecule has 3 aromatic rings. The molecule has 2 N–H and O–H groups in total. The van der Waals surface area contributed by atoms with E-state index in [0.29, 0.717) is 5.56 Å². The Hall–Kier alpha value is -3.33. The van der Waals surface area contributed by atoms with Crippen LogP contribution < -0.4 is 5.32 Å². The zero-order valence-electron chi connectivity index (χ0n) is 13.0. The summed E-state index contributed by atoms with van der Waals surface area (Å²) in [7, 11) is 0. The lowest BCUT2D eigenvalue weighted by molar-refractivity contribution is -0.130. The molecule has 0 bridgehead atoms. The highest BCUT2D eigenvalue weighted by Crippen LogP contribution is 2.22. The van der Waals surface area contributed by atoms with Gasteiger partial charge in [0.2, 0.25) is 0 Å². The third-order valence-electron chi connectivity index (χ3n) is 3.60. The van der Waals surface area contributed by atoms with Gasteiger partial charge < -0.3 is 10.4 Å². The van der Waals surface area contributed by atoms with Crippen molar-refractivity contribution in [3.63, 3.8) is 0 Å². The molecular formula is C21H17NO2. The maximum absolute atomic E-state index is 11.6. The lowest BCUT2D eigenvalue weighted by atomic mass is 10.0. The van der Waals surface area contributed by atoms with E-state index < -0.39 is 5.97 Å². The Bertz CT molecular complexity index is 838. The van der Waals surface area contributed by atoms with E-state index in [1.807, 2.05) is 84.9 Å². The van der Waals surface area contributed by atoms with Gasteiger partial charge in [-0.15, -0.1) is 0 Å². The Labute approximate surface area is 140 Å². The van der Waals surface area contributed by atoms with Gasteiger partial charge in [0.25, 0.3) is 0 Å². The van der Waals surface area contributed by atoms with Gasteiger partial charge in [0.05, 0.1) is 5.57 Å². The van der Waals surface area contributed by atoms with Crippen molar-refractivity contribution in [1.29, 1.82) is 0 Å². The number of para-hydroxylation sites is 1. The molecule has 3 heteroatoms. The Morgan fingerprint density at radius 1 is 0.750 bits per heavy atom. The van der Waals surface area contributed by atoms with E-state index in [1.165, 1.54) is 0 Å². The van der Waals surface area contributed by atoms with Crippen molar-refractivity contribution in [2.24, 2.45) is 0 Å². The lowest BCUT2D eigenvalue weighted by Gasteiger charge is -2.08. The number of hydrogen-bond acceptors (Lipinski definition) is 2. The summed E-state index contributed by atoms with van der Waals surface area (Å²) in [5.41, 5.74) is 3.71. The number of carbonyl (C=O) groups is 1. The van der Waals surface area contributed by atoms with E-state index in [0.717, 1.165) is 16.9 Å². The van der Waals surface area contributed by atoms with Gasteiger partial charge in [-0.1, -0.05) is 60.7 Å². The van der Waals surface area contributed by atoms with Crippen LogP contribution in [0, 0.1) is 0 Å². The molecule has 0 spiro atoms. The fraction of sp³-hybridized carbons (Fsp3) is 0. The molecule has 0 aliphatic rings. The van der Waals surface area contributed by atoms with Crippen molar-refractivity contribution in [1.82, 2.24) is 0 Å². The van der Waals surface area contributed by atoms with Gasteiger partial charge in [0, 0.05) is 11.4 Å². The van der Waals surface area contributed by atoms with Gasteiger partial charge in [-0.05, 0) is 41.5 Å². The predicted molar refractivity (Wildman–Crippen MR) is 98.1 cm³/mol. The SMILES string of the molecule is O=C(O)C(=Cc1ccccc1)c1ccc(Nc2ccccc2)cc1. The van der Waals surface area contributed by atoms with Gasteiger partial charge in [0.1, 0.15) is 0 Å². The van der Waals surface area contributed by atoms with Crippen LogP contribution in [0.3, 0.4) is 0 Å². The number of aliphatic carboxylic acids is 1. The zero-order valence-corrected chi connectivity index (χ0v) is 13.0. The first-order valence-electron chi connectivity index (χ1n) is 7.65. The summed E-state index contributed by atoms with van der Waals surface area (Å²) in [6.07, 6.45) is 1.68. The highest BCUT2D eigenvalue weighted by atomic mass is 16.4. The molecular weight excluding hydrogens is 298 g/mol. The maximum Gasteiger partial charge on any atom is 0.336 e. The van der Waals surface area contributed by atoms with Crippen molar-refractivity contribution in [2.75, 3.05) is 5.32 Å². The predicted octanol–water partition coefficient (Wildman–Crippen LogP) is 5.06. The quantitative estimate of drug-likeness (QED) is 0.511. The normalized spacial score (nSPS) is 11.1. The fourth-order valence-corrected chi connectivity index (χ4v) is 2.41. The average Bonchev–Trinajstić information content (AvgIpc) is 2.62. The molecule has 0 saturated carbocycles. The van der Waals surface area contributed by atoms with E-state index in [2.05, 4.69) is 5.32 Å². The van der Waals surface area contributed by atoms with Crippen LogP contribution in [0.5, 0.6) is 0 Å². The van der Waals surface area contributed by atoms with Crippen LogP contribution in [0.25, 0.3) is 11.6 Å². The molecule has 118 valence electrons. The second kappa shape index (κ2) is 7.29. The molecule has 24 heavy (non-hydrogen) atoms. The van der Waals surface area contributed by atoms with Crippen LogP contribution in [0.2, 0.25) is 0 Å². The van der Waals surface area contributed by atoms with Crippen LogP contribution in [-0.2, 0) is 4.79 Å². The number of carboxylic acids is 1. The first kappa shape index (κ1) is 15.6. The molecule has 3 nitrogen and oxygen atoms in total. The maximum atomic E-state index is 11.6. The highest BCUT2D eigenvalue weighted by molar-refractivity contribution is 6.20. The van der Waals surface area contributed by atoms with Crippen molar-refractivity contribution >= 4 is 29.0 Å². The smallest absolute Gasteiger partial charge is 0.336 e. The van der Waals surface area contributed by atoms with Crippen molar-refractivity contribution in [3.8, 4) is 0 Å². The summed E-state index contributed by atoms with van der Waals surface area (Å²) in [5, 5.41) is 12.8. The van der Waals surface area contributed by atoms with Crippen LogP contribution in [-0.4, -0.2) is 11.1 Å². The minimum atomic E-state index is -0.942. The lowest BCUT2D eigenvalue weighted by Crippen LogP contribution is -2.00. The Balaban J connectivity index is 1.85. The number of hydrogen-bond donors (Lipinski definition) is 2. The largest absolute Gasteiger partial charge is 0.478 e. The topological polar surface area (TPSA) is 49.3 Å². The van der Waals surface area contributed by atoms with Crippen LogP contribution in [0.4, 0.5) is 11.4 Å². The van der Waals surface area contributed by atoms with Crippen LogP contribution in [0.15, 0.2) is 84.9 Å². The van der Waals surface area contributed by atoms with Gasteiger partial charge in [-0.3, -0.25) is 0 Å². The molecule has 0 saturated heterocycles. The molecule has 0 aliphatic carbocycles. The Morgan fingerprint density at radius 2 is 1.29 bits per heavy atom. The molecule has 0 atom stereocenters. The third-order valence-corrected chi connectivity index (χ3v) is 3.60. The molecule has 0 radical (unpaired) electrons. The highest BCUT2D eigenvalue weighted by Gasteiger charge is 2.10. The number of rotatable bonds is 5. The summed E-state index contributed by atoms with van der Waals surface area (Å²) >= 11 is 0. The standard InChI is InChI=1S/C21H17NO2/c23-21(24)20(15-16-7-3-1-4-8-16)17-11-13-19(14-12-17)22-18-9-5-2-6-10-18/h1-15,22H,(H,23,24). The van der Waals surface area contributed by atoms with Crippen LogP contribution >= 0.6 is 0 Å². The molecule has 0 aliphatic heterocycles. The van der Waals surface area contributed by atoms with E-state index in [-0.39, 0.29) is 5.57 Å². The number of benzene rings is 3. The van der Waals surface area contributed by atoms with Crippen molar-refractivity contribution in [2.45, 2.75) is 0 Å². The van der Waals surface area contributed by atoms with E-state index in [9.17, 15) is 9.90 Å². The summed E-state index contributed by atoms with van der Waals surface area (Å²) in [5.74, 6) is -0.942. The summed E-state index contributed by atoms with van der Waals surface area (Å²) in [6, 6.07) is 26.7. The molecule has 0 fully saturated rings. The van der Waals surface area contributed by atoms with Gasteiger partial charge in [-0.2, -0.15) is 0 Å². The average molecular weight is 315 g/mol. The minimum Gasteiger partial charge on any atom is -0.478 e. The monoisotopic (exact) mass is 315 g/mol. The minimum absolute atomic E-state index is 0.271. The third kappa shape index (κ3) is 3.90. The first-order chi connectivity index (χ1) is 11.7. The molecule has 0 aromatic heterocycles. The van der Waals surface area contributed by atoms with E-state index >= 15 is 0 Å². The van der Waals surface area contributed by atoms with Crippen LogP contribution in [0.1, 0.15) is 11.1 Å². The second-order valence-electron chi connectivity index (χ2n) is 5.34. The van der Waals surface area contributed by atoms with Gasteiger partial charge in [-0.25, -0.2) is 4.79 Å². The number of nitrogens with one attached hydrogen (secondary N) is 1. The fourth-order valence-electron chi connectivity index (χ4n) is 2.41. The van der Waals surface area contributed by atoms with Crippen molar-refractivity contribution in [3.05, 3.63) is 96.1 Å². The molecule has 0 unspecified atom stereocenters. The zero-order chi connectivity index (χ0) is 16.8. The molecule has 0 amide bonds. The van der Waals surface area contributed by atoms with Crippen molar-refractivity contribution < 1.29 is 9.90 Å². The summed E-state index contributed by atoms with van der Waals surface area (Å²) in [6.45, 7) is 0. The van der Waals surface area contributed by atoms with Gasteiger partial charge in [0.15, 0.2) is 0 Å². The Morgan fingerprint density at radius 3 is 1.88 bits per heavy atom. The summed E-state index contributed by atoms with van der Waals surface area (Å²) < 4.78 is 0. The first-order valence-corrected chi connectivity index (χ1v) is 7.65. The van der Waals surface area contributed by atoms with E-state index in [4.69, 9.17) is 0 Å². The molecule has 0 heterocycles. The molecule has 3 aromatic carbocycles. The molecule has 3 rings (SSSR count). The summed E-state index contributed by atoms with van der Waals surface area (Å²) in [4.78, 5) is 11.6. The number of carboxylic acid groups (broad SMARTS) is 1. The van der Waals surface area contributed by atoms with E-state index in [1.54, 1.807) is 6.08 Å². The Kier molecular flexibility index (Phi) is 4.73. The second-order valence-corrected chi connectivity index (χ2v) is 5.34. The number of anilines is 2. The van der Waals surface area contributed by atoms with Gasteiger partial charge >= 0.3 is 5.97 Å².